The Bertz CT molecular complexity index is 845. The van der Waals surface area contributed by atoms with Gasteiger partial charge in [-0.25, -0.2) is 9.18 Å². The molecule has 0 unspecified atom stereocenters. The Hall–Kier alpha value is -2.89. The number of benzene rings is 2. The van der Waals surface area contributed by atoms with E-state index in [0.717, 1.165) is 11.1 Å². The van der Waals surface area contributed by atoms with Crippen molar-refractivity contribution in [3.05, 3.63) is 65.0 Å². The number of aromatic carboxylic acids is 1. The van der Waals surface area contributed by atoms with Gasteiger partial charge in [0.15, 0.2) is 5.60 Å². The Morgan fingerprint density at radius 3 is 2.46 bits per heavy atom. The highest BCUT2D eigenvalue weighted by Gasteiger charge is 2.35. The Balaban J connectivity index is 1.76. The van der Waals surface area contributed by atoms with Gasteiger partial charge in [-0.1, -0.05) is 6.07 Å². The van der Waals surface area contributed by atoms with Gasteiger partial charge in [-0.15, -0.1) is 0 Å². The lowest BCUT2D eigenvalue weighted by atomic mass is 9.96. The molecule has 0 aliphatic carbocycles. The molecule has 0 bridgehead atoms. The predicted octanol–water partition coefficient (Wildman–Crippen LogP) is 3.27. The van der Waals surface area contributed by atoms with Gasteiger partial charge in [-0.3, -0.25) is 4.79 Å². The number of carboxylic acid groups (broad SMARTS) is 1. The van der Waals surface area contributed by atoms with Crippen LogP contribution in [0.15, 0.2) is 42.5 Å². The molecular weight excluding hydrogens is 337 g/mol. The zero-order valence-electron chi connectivity index (χ0n) is 14.7. The van der Waals surface area contributed by atoms with Gasteiger partial charge in [0, 0.05) is 13.1 Å². The number of carbonyl (C=O) groups is 2. The van der Waals surface area contributed by atoms with E-state index in [9.17, 15) is 14.0 Å². The summed E-state index contributed by atoms with van der Waals surface area (Å²) in [6.45, 7) is 4.21. The van der Waals surface area contributed by atoms with Crippen LogP contribution in [-0.4, -0.2) is 34.0 Å². The van der Waals surface area contributed by atoms with E-state index in [-0.39, 0.29) is 17.3 Å². The van der Waals surface area contributed by atoms with Gasteiger partial charge >= 0.3 is 5.97 Å². The molecule has 1 aliphatic rings. The van der Waals surface area contributed by atoms with Gasteiger partial charge in [0.1, 0.15) is 11.6 Å². The highest BCUT2D eigenvalue weighted by atomic mass is 19.1. The molecule has 2 aromatic rings. The number of hydrogen-bond donors (Lipinski definition) is 1. The van der Waals surface area contributed by atoms with Gasteiger partial charge in [0.2, 0.25) is 0 Å². The van der Waals surface area contributed by atoms with E-state index in [1.165, 1.54) is 24.3 Å². The van der Waals surface area contributed by atoms with Crippen LogP contribution in [0.4, 0.5) is 4.39 Å². The minimum Gasteiger partial charge on any atom is -0.478 e. The molecular formula is C20H20FNO4. The summed E-state index contributed by atoms with van der Waals surface area (Å²) in [4.78, 5) is 25.8. The van der Waals surface area contributed by atoms with E-state index in [2.05, 4.69) is 0 Å². The van der Waals surface area contributed by atoms with Crippen molar-refractivity contribution in [2.24, 2.45) is 0 Å². The summed E-state index contributed by atoms with van der Waals surface area (Å²) in [5.41, 5.74) is 0.970. The standard InChI is InChI=1S/C20H20FNO4/c1-20(2,26-17-7-5-16(21)6-8-17)19(25)22-10-9-13-3-4-14(18(23)24)11-15(13)12-22/h3-8,11H,9-10,12H2,1-2H3,(H,23,24). The molecule has 1 N–H and O–H groups in total. The summed E-state index contributed by atoms with van der Waals surface area (Å²) in [7, 11) is 0. The molecule has 0 saturated carbocycles. The number of carbonyl (C=O) groups excluding carboxylic acids is 1. The fraction of sp³-hybridized carbons (Fsp3) is 0.300. The highest BCUT2D eigenvalue weighted by molar-refractivity contribution is 5.88. The first-order valence-corrected chi connectivity index (χ1v) is 8.35. The third-order valence-electron chi connectivity index (χ3n) is 4.45. The van der Waals surface area contributed by atoms with Crippen LogP contribution in [0.25, 0.3) is 0 Å². The molecule has 0 saturated heterocycles. The zero-order valence-corrected chi connectivity index (χ0v) is 14.7. The largest absolute Gasteiger partial charge is 0.478 e. The summed E-state index contributed by atoms with van der Waals surface area (Å²) in [6.07, 6.45) is 0.660. The quantitative estimate of drug-likeness (QED) is 0.912. The van der Waals surface area contributed by atoms with E-state index < -0.39 is 11.6 Å². The van der Waals surface area contributed by atoms with Gasteiger partial charge in [-0.2, -0.15) is 0 Å². The fourth-order valence-corrected chi connectivity index (χ4v) is 3.09. The van der Waals surface area contributed by atoms with Crippen molar-refractivity contribution >= 4 is 11.9 Å². The monoisotopic (exact) mass is 357 g/mol. The molecule has 3 rings (SSSR count). The number of hydrogen-bond acceptors (Lipinski definition) is 3. The lowest BCUT2D eigenvalue weighted by molar-refractivity contribution is -0.146. The summed E-state index contributed by atoms with van der Waals surface area (Å²) >= 11 is 0. The average molecular weight is 357 g/mol. The van der Waals surface area contributed by atoms with E-state index >= 15 is 0 Å². The first-order chi connectivity index (χ1) is 12.3. The van der Waals surface area contributed by atoms with Crippen molar-refractivity contribution in [2.75, 3.05) is 6.54 Å². The minimum absolute atomic E-state index is 0.201. The van der Waals surface area contributed by atoms with Crippen molar-refractivity contribution in [3.63, 3.8) is 0 Å². The van der Waals surface area contributed by atoms with Gasteiger partial charge < -0.3 is 14.7 Å². The van der Waals surface area contributed by atoms with E-state index in [0.29, 0.717) is 25.3 Å². The summed E-state index contributed by atoms with van der Waals surface area (Å²) < 4.78 is 18.8. The summed E-state index contributed by atoms with van der Waals surface area (Å²) in [5.74, 6) is -1.15. The number of rotatable bonds is 4. The maximum absolute atomic E-state index is 13.0. The SMILES string of the molecule is CC(C)(Oc1ccc(F)cc1)C(=O)N1CCc2ccc(C(=O)O)cc2C1. The third kappa shape index (κ3) is 3.69. The Morgan fingerprint density at radius 1 is 1.12 bits per heavy atom. The Morgan fingerprint density at radius 2 is 1.81 bits per heavy atom. The summed E-state index contributed by atoms with van der Waals surface area (Å²) in [5, 5.41) is 9.15. The van der Waals surface area contributed by atoms with Crippen LogP contribution < -0.4 is 4.74 Å². The van der Waals surface area contributed by atoms with Crippen LogP contribution in [0.3, 0.4) is 0 Å². The van der Waals surface area contributed by atoms with Crippen molar-refractivity contribution in [1.29, 1.82) is 0 Å². The van der Waals surface area contributed by atoms with E-state index in [1.807, 2.05) is 0 Å². The Kier molecular flexibility index (Phi) is 4.68. The number of nitrogens with zero attached hydrogens (tertiary/aromatic N) is 1. The second-order valence-electron chi connectivity index (χ2n) is 6.83. The lowest BCUT2D eigenvalue weighted by Gasteiger charge is -2.35. The maximum Gasteiger partial charge on any atom is 0.335 e. The van der Waals surface area contributed by atoms with Crippen LogP contribution >= 0.6 is 0 Å². The minimum atomic E-state index is -1.13. The van der Waals surface area contributed by atoms with E-state index in [1.54, 1.807) is 36.9 Å². The fourth-order valence-electron chi connectivity index (χ4n) is 3.09. The molecule has 26 heavy (non-hydrogen) atoms. The number of halogens is 1. The molecule has 1 aliphatic heterocycles. The predicted molar refractivity (Wildman–Crippen MR) is 93.6 cm³/mol. The normalized spacial score (nSPS) is 13.9. The van der Waals surface area contributed by atoms with Crippen LogP contribution in [0.1, 0.15) is 35.3 Å². The molecule has 0 atom stereocenters. The topological polar surface area (TPSA) is 66.8 Å². The molecule has 0 spiro atoms. The molecule has 6 heteroatoms. The molecule has 1 amide bonds. The Labute approximate surface area is 151 Å². The van der Waals surface area contributed by atoms with Gasteiger partial charge in [-0.05, 0) is 67.8 Å². The lowest BCUT2D eigenvalue weighted by Crippen LogP contribution is -2.50. The van der Waals surface area contributed by atoms with Crippen molar-refractivity contribution in [1.82, 2.24) is 4.90 Å². The second kappa shape index (κ2) is 6.78. The smallest absolute Gasteiger partial charge is 0.335 e. The number of carboxylic acids is 1. The second-order valence-corrected chi connectivity index (χ2v) is 6.83. The molecule has 0 aromatic heterocycles. The maximum atomic E-state index is 13.0. The number of fused-ring (bicyclic) bond motifs is 1. The molecule has 5 nitrogen and oxygen atoms in total. The van der Waals surface area contributed by atoms with Crippen molar-refractivity contribution < 1.29 is 23.8 Å². The first kappa shape index (κ1) is 17.9. The molecule has 2 aromatic carbocycles. The molecule has 0 fully saturated rings. The molecule has 0 radical (unpaired) electrons. The van der Waals surface area contributed by atoms with Crippen LogP contribution in [-0.2, 0) is 17.8 Å². The average Bonchev–Trinajstić information content (AvgIpc) is 2.61. The van der Waals surface area contributed by atoms with Crippen LogP contribution in [0.5, 0.6) is 5.75 Å². The van der Waals surface area contributed by atoms with Crippen molar-refractivity contribution in [2.45, 2.75) is 32.4 Å². The zero-order chi connectivity index (χ0) is 18.9. The van der Waals surface area contributed by atoms with Crippen LogP contribution in [0.2, 0.25) is 0 Å². The highest BCUT2D eigenvalue weighted by Crippen LogP contribution is 2.25. The van der Waals surface area contributed by atoms with Gasteiger partial charge in [0.05, 0.1) is 5.56 Å². The molecule has 136 valence electrons. The first-order valence-electron chi connectivity index (χ1n) is 8.35. The van der Waals surface area contributed by atoms with Gasteiger partial charge in [0.25, 0.3) is 5.91 Å². The molecule has 1 heterocycles. The van der Waals surface area contributed by atoms with E-state index in [4.69, 9.17) is 9.84 Å². The number of ether oxygens (including phenoxy) is 1. The summed E-state index contributed by atoms with van der Waals surface area (Å²) in [6, 6.07) is 10.5. The van der Waals surface area contributed by atoms with Crippen LogP contribution in [0, 0.1) is 5.82 Å². The van der Waals surface area contributed by atoms with Crippen molar-refractivity contribution in [3.8, 4) is 5.75 Å². The number of amides is 1. The third-order valence-corrected chi connectivity index (χ3v) is 4.45.